The van der Waals surface area contributed by atoms with Crippen molar-refractivity contribution in [2.75, 3.05) is 37.6 Å². The van der Waals surface area contributed by atoms with Gasteiger partial charge < -0.3 is 14.7 Å². The molecule has 32 heavy (non-hydrogen) atoms. The Morgan fingerprint density at radius 2 is 2.00 bits per heavy atom. The summed E-state index contributed by atoms with van der Waals surface area (Å²) in [5.74, 6) is 0.673. The van der Waals surface area contributed by atoms with E-state index in [0.29, 0.717) is 29.7 Å². The highest BCUT2D eigenvalue weighted by atomic mass is 16.5. The van der Waals surface area contributed by atoms with Crippen LogP contribution in [0.3, 0.4) is 0 Å². The van der Waals surface area contributed by atoms with Gasteiger partial charge in [0.15, 0.2) is 0 Å². The Labute approximate surface area is 188 Å². The fraction of sp³-hybridized carbons (Fsp3) is 0.480. The highest BCUT2D eigenvalue weighted by Crippen LogP contribution is 2.41. The Morgan fingerprint density at radius 3 is 2.72 bits per heavy atom. The smallest absolute Gasteiger partial charge is 0.338 e. The van der Waals surface area contributed by atoms with E-state index in [9.17, 15) is 9.90 Å². The number of benzene rings is 1. The first-order chi connectivity index (χ1) is 15.5. The topological polar surface area (TPSA) is 89.7 Å². The summed E-state index contributed by atoms with van der Waals surface area (Å²) in [7, 11) is 0. The molecule has 0 radical (unpaired) electrons. The van der Waals surface area contributed by atoms with Crippen LogP contribution >= 0.6 is 0 Å². The summed E-state index contributed by atoms with van der Waals surface area (Å²) in [5.41, 5.74) is 4.29. The number of ether oxygens (including phenoxy) is 1. The number of likely N-dealkylation sites (tertiary alicyclic amines) is 1. The van der Waals surface area contributed by atoms with Crippen LogP contribution in [0.4, 0.5) is 5.82 Å². The molecule has 3 aliphatic heterocycles. The number of nitrogens with zero attached hydrogens (tertiary/aromatic N) is 4. The number of rotatable bonds is 4. The fourth-order valence-electron chi connectivity index (χ4n) is 5.51. The molecule has 2 fully saturated rings. The molecule has 1 unspecified atom stereocenters. The standard InChI is InChI=1S/C25H28N4O3/c1-17-19(3-4-20-21(17)15-32-24(20)31)22(30)14-28-9-6-25(16-28)7-10-29(11-8-25)23-5-2-18(12-26)13-27-23/h2-5,13,22,30H,6-11,14-16H2,1H3. The van der Waals surface area contributed by atoms with E-state index in [4.69, 9.17) is 10.00 Å². The fourth-order valence-corrected chi connectivity index (χ4v) is 5.51. The van der Waals surface area contributed by atoms with Gasteiger partial charge in [0.05, 0.1) is 17.2 Å². The number of hydrogen-bond donors (Lipinski definition) is 1. The first-order valence-electron chi connectivity index (χ1n) is 11.3. The van der Waals surface area contributed by atoms with Gasteiger partial charge >= 0.3 is 5.97 Å². The van der Waals surface area contributed by atoms with Gasteiger partial charge in [-0.2, -0.15) is 5.26 Å². The second kappa shape index (κ2) is 8.19. The molecule has 0 amide bonds. The second-order valence-electron chi connectivity index (χ2n) is 9.39. The molecule has 1 aromatic carbocycles. The predicted molar refractivity (Wildman–Crippen MR) is 119 cm³/mol. The molecule has 0 aliphatic carbocycles. The summed E-state index contributed by atoms with van der Waals surface area (Å²) >= 11 is 0. The Balaban J connectivity index is 1.19. The zero-order chi connectivity index (χ0) is 22.3. The summed E-state index contributed by atoms with van der Waals surface area (Å²) in [5, 5.41) is 19.9. The SMILES string of the molecule is Cc1c(C(O)CN2CCC3(CCN(c4ccc(C#N)cn4)CC3)C2)ccc2c1COC2=O. The molecular formula is C25H28N4O3. The van der Waals surface area contributed by atoms with Crippen LogP contribution in [0.2, 0.25) is 0 Å². The van der Waals surface area contributed by atoms with Crippen molar-refractivity contribution in [2.45, 2.75) is 38.9 Å². The molecule has 2 aromatic rings. The Kier molecular flexibility index (Phi) is 5.36. The lowest BCUT2D eigenvalue weighted by Gasteiger charge is -2.40. The summed E-state index contributed by atoms with van der Waals surface area (Å²) in [6.07, 6.45) is 4.44. The molecule has 2 saturated heterocycles. The van der Waals surface area contributed by atoms with Gasteiger partial charge in [0.25, 0.3) is 0 Å². The quantitative estimate of drug-likeness (QED) is 0.743. The number of cyclic esters (lactones) is 1. The number of hydrogen-bond acceptors (Lipinski definition) is 7. The molecular weight excluding hydrogens is 404 g/mol. The molecule has 1 aromatic heterocycles. The normalized spacial score (nSPS) is 20.8. The lowest BCUT2D eigenvalue weighted by Crippen LogP contribution is -2.42. The minimum absolute atomic E-state index is 0.270. The van der Waals surface area contributed by atoms with E-state index in [1.54, 1.807) is 12.3 Å². The van der Waals surface area contributed by atoms with Crippen molar-refractivity contribution >= 4 is 11.8 Å². The number of piperidine rings is 1. The number of carbonyl (C=O) groups excluding carboxylic acids is 1. The Bertz CT molecular complexity index is 1070. The van der Waals surface area contributed by atoms with Gasteiger partial charge in [-0.15, -0.1) is 0 Å². The average Bonchev–Trinajstić information content (AvgIpc) is 3.38. The van der Waals surface area contributed by atoms with Gasteiger partial charge in [0, 0.05) is 37.9 Å². The Morgan fingerprint density at radius 1 is 1.22 bits per heavy atom. The second-order valence-corrected chi connectivity index (χ2v) is 9.39. The van der Waals surface area contributed by atoms with Crippen molar-refractivity contribution in [1.82, 2.24) is 9.88 Å². The first-order valence-corrected chi connectivity index (χ1v) is 11.3. The minimum atomic E-state index is -0.575. The van der Waals surface area contributed by atoms with Crippen molar-refractivity contribution in [3.8, 4) is 6.07 Å². The molecule has 166 valence electrons. The van der Waals surface area contributed by atoms with Crippen molar-refractivity contribution in [2.24, 2.45) is 5.41 Å². The molecule has 7 heteroatoms. The van der Waals surface area contributed by atoms with Gasteiger partial charge in [-0.05, 0) is 67.5 Å². The number of esters is 1. The third-order valence-electron chi connectivity index (χ3n) is 7.54. The van der Waals surface area contributed by atoms with Crippen LogP contribution in [0.25, 0.3) is 0 Å². The van der Waals surface area contributed by atoms with E-state index in [1.807, 2.05) is 25.1 Å². The number of fused-ring (bicyclic) bond motifs is 1. The summed E-state index contributed by atoms with van der Waals surface area (Å²) in [4.78, 5) is 20.9. The van der Waals surface area contributed by atoms with Crippen LogP contribution in [0, 0.1) is 23.7 Å². The van der Waals surface area contributed by atoms with Crippen molar-refractivity contribution in [1.29, 1.82) is 5.26 Å². The molecule has 0 saturated carbocycles. The van der Waals surface area contributed by atoms with Gasteiger partial charge in [-0.1, -0.05) is 6.07 Å². The number of aliphatic hydroxyl groups is 1. The Hall–Kier alpha value is -2.95. The van der Waals surface area contributed by atoms with Gasteiger partial charge in [0.2, 0.25) is 0 Å². The summed E-state index contributed by atoms with van der Waals surface area (Å²) in [6.45, 7) is 6.81. The van der Waals surface area contributed by atoms with E-state index in [-0.39, 0.29) is 5.97 Å². The molecule has 7 nitrogen and oxygen atoms in total. The molecule has 3 aliphatic rings. The summed E-state index contributed by atoms with van der Waals surface area (Å²) < 4.78 is 5.15. The van der Waals surface area contributed by atoms with Crippen LogP contribution in [0.1, 0.15) is 58.0 Å². The van der Waals surface area contributed by atoms with Crippen LogP contribution in [-0.2, 0) is 11.3 Å². The van der Waals surface area contributed by atoms with Crippen LogP contribution in [-0.4, -0.2) is 53.7 Å². The molecule has 1 spiro atoms. The highest BCUT2D eigenvalue weighted by Gasteiger charge is 2.41. The molecule has 5 rings (SSSR count). The highest BCUT2D eigenvalue weighted by molar-refractivity contribution is 5.93. The average molecular weight is 433 g/mol. The van der Waals surface area contributed by atoms with Crippen LogP contribution in [0.5, 0.6) is 0 Å². The van der Waals surface area contributed by atoms with E-state index >= 15 is 0 Å². The third kappa shape index (κ3) is 3.74. The first kappa shape index (κ1) is 20.9. The minimum Gasteiger partial charge on any atom is -0.457 e. The number of aromatic nitrogens is 1. The number of carbonyl (C=O) groups is 1. The van der Waals surface area contributed by atoms with Gasteiger partial charge in [-0.3, -0.25) is 4.90 Å². The lowest BCUT2D eigenvalue weighted by molar-refractivity contribution is 0.0535. The van der Waals surface area contributed by atoms with E-state index < -0.39 is 6.10 Å². The molecule has 4 heterocycles. The van der Waals surface area contributed by atoms with Crippen molar-refractivity contribution in [3.63, 3.8) is 0 Å². The largest absolute Gasteiger partial charge is 0.457 e. The number of β-amino-alcohol motifs (C(OH)–C–C–N with tert-alkyl or cyclic N) is 1. The van der Waals surface area contributed by atoms with Crippen molar-refractivity contribution in [3.05, 3.63) is 58.3 Å². The predicted octanol–water partition coefficient (Wildman–Crippen LogP) is 2.96. The molecule has 0 bridgehead atoms. The summed E-state index contributed by atoms with van der Waals surface area (Å²) in [6, 6.07) is 9.54. The maximum absolute atomic E-state index is 11.8. The monoisotopic (exact) mass is 432 g/mol. The number of aliphatic hydroxyl groups excluding tert-OH is 1. The third-order valence-corrected chi connectivity index (χ3v) is 7.54. The molecule has 1 atom stereocenters. The zero-order valence-corrected chi connectivity index (χ0v) is 18.4. The molecule has 1 N–H and O–H groups in total. The number of pyridine rings is 1. The van der Waals surface area contributed by atoms with E-state index in [1.165, 1.54) is 0 Å². The van der Waals surface area contributed by atoms with Crippen LogP contribution in [0.15, 0.2) is 30.5 Å². The number of nitriles is 1. The van der Waals surface area contributed by atoms with Crippen LogP contribution < -0.4 is 4.90 Å². The maximum Gasteiger partial charge on any atom is 0.338 e. The van der Waals surface area contributed by atoms with Crippen molar-refractivity contribution < 1.29 is 14.6 Å². The van der Waals surface area contributed by atoms with Gasteiger partial charge in [0.1, 0.15) is 18.5 Å². The zero-order valence-electron chi connectivity index (χ0n) is 18.4. The maximum atomic E-state index is 11.8. The van der Waals surface area contributed by atoms with E-state index in [0.717, 1.165) is 67.9 Å². The number of anilines is 1. The lowest BCUT2D eigenvalue weighted by atomic mass is 9.78. The van der Waals surface area contributed by atoms with E-state index in [2.05, 4.69) is 20.9 Å². The van der Waals surface area contributed by atoms with Gasteiger partial charge in [-0.25, -0.2) is 9.78 Å².